The Bertz CT molecular complexity index is 830. The summed E-state index contributed by atoms with van der Waals surface area (Å²) < 4.78 is 44.9. The van der Waals surface area contributed by atoms with Crippen molar-refractivity contribution in [2.75, 3.05) is 19.8 Å². The number of hydrogen-bond acceptors (Lipinski definition) is 3. The van der Waals surface area contributed by atoms with Crippen LogP contribution in [0.5, 0.6) is 0 Å². The van der Waals surface area contributed by atoms with Gasteiger partial charge in [0.15, 0.2) is 0 Å². The zero-order chi connectivity index (χ0) is 20.2. The Hall–Kier alpha value is -2.38. The standard InChI is InChI=1S/C21H22F3NO3/c22-21(23,24)18-6-2-5-17(12-18)20(7-9-28-10-8-20)14-25-13-15-3-1-4-16(11-15)19(26)27/h1-6,11-12,25H,7-10,13-14H2,(H,26,27). The molecular weight excluding hydrogens is 371 g/mol. The summed E-state index contributed by atoms with van der Waals surface area (Å²) in [6.07, 6.45) is -3.14. The molecule has 1 fully saturated rings. The number of aromatic carboxylic acids is 1. The molecule has 0 bridgehead atoms. The van der Waals surface area contributed by atoms with Gasteiger partial charge in [-0.25, -0.2) is 4.79 Å². The third kappa shape index (κ3) is 4.72. The molecule has 2 aromatic rings. The Morgan fingerprint density at radius 1 is 1.11 bits per heavy atom. The lowest BCUT2D eigenvalue weighted by Gasteiger charge is -2.38. The minimum absolute atomic E-state index is 0.206. The van der Waals surface area contributed by atoms with Crippen LogP contribution in [-0.4, -0.2) is 30.8 Å². The second kappa shape index (κ2) is 8.32. The van der Waals surface area contributed by atoms with Gasteiger partial charge in [-0.05, 0) is 42.2 Å². The highest BCUT2D eigenvalue weighted by Gasteiger charge is 2.37. The molecule has 28 heavy (non-hydrogen) atoms. The maximum Gasteiger partial charge on any atom is 0.416 e. The first-order chi connectivity index (χ1) is 13.3. The molecule has 2 N–H and O–H groups in total. The number of hydrogen-bond donors (Lipinski definition) is 2. The van der Waals surface area contributed by atoms with Crippen molar-refractivity contribution in [1.82, 2.24) is 5.32 Å². The van der Waals surface area contributed by atoms with E-state index < -0.39 is 23.1 Å². The summed E-state index contributed by atoms with van der Waals surface area (Å²) in [5.74, 6) is -0.994. The number of halogens is 3. The molecule has 7 heteroatoms. The second-order valence-corrected chi connectivity index (χ2v) is 7.08. The van der Waals surface area contributed by atoms with E-state index in [1.54, 1.807) is 18.2 Å². The number of carboxylic acids is 1. The highest BCUT2D eigenvalue weighted by atomic mass is 19.4. The summed E-state index contributed by atoms with van der Waals surface area (Å²) in [5.41, 5.74) is 0.566. The largest absolute Gasteiger partial charge is 0.478 e. The molecular formula is C21H22F3NO3. The predicted molar refractivity (Wildman–Crippen MR) is 98.3 cm³/mol. The fourth-order valence-corrected chi connectivity index (χ4v) is 3.62. The summed E-state index contributed by atoms with van der Waals surface area (Å²) in [7, 11) is 0. The maximum atomic E-state index is 13.1. The third-order valence-corrected chi connectivity index (χ3v) is 5.22. The van der Waals surface area contributed by atoms with Crippen LogP contribution in [0.3, 0.4) is 0 Å². The minimum Gasteiger partial charge on any atom is -0.478 e. The molecule has 0 spiro atoms. The highest BCUT2D eigenvalue weighted by molar-refractivity contribution is 5.87. The highest BCUT2D eigenvalue weighted by Crippen LogP contribution is 2.37. The van der Waals surface area contributed by atoms with Gasteiger partial charge in [0.25, 0.3) is 0 Å². The number of ether oxygens (including phenoxy) is 1. The zero-order valence-electron chi connectivity index (χ0n) is 15.3. The van der Waals surface area contributed by atoms with Crippen molar-refractivity contribution in [1.29, 1.82) is 0 Å². The average molecular weight is 393 g/mol. The number of nitrogens with one attached hydrogen (secondary N) is 1. The van der Waals surface area contributed by atoms with Crippen LogP contribution in [0.4, 0.5) is 13.2 Å². The molecule has 3 rings (SSSR count). The van der Waals surface area contributed by atoms with E-state index in [2.05, 4.69) is 5.32 Å². The second-order valence-electron chi connectivity index (χ2n) is 7.08. The first kappa shape index (κ1) is 20.4. The topological polar surface area (TPSA) is 58.6 Å². The Morgan fingerprint density at radius 2 is 1.82 bits per heavy atom. The number of carboxylic acid groups (broad SMARTS) is 1. The van der Waals surface area contributed by atoms with Gasteiger partial charge in [0, 0.05) is 31.7 Å². The number of carbonyl (C=O) groups is 1. The summed E-state index contributed by atoms with van der Waals surface area (Å²) >= 11 is 0. The van der Waals surface area contributed by atoms with Crippen LogP contribution in [0.25, 0.3) is 0 Å². The Morgan fingerprint density at radius 3 is 2.50 bits per heavy atom. The molecule has 0 unspecified atom stereocenters. The fourth-order valence-electron chi connectivity index (χ4n) is 3.62. The molecule has 0 amide bonds. The molecule has 0 atom stereocenters. The van der Waals surface area contributed by atoms with Crippen LogP contribution in [0.2, 0.25) is 0 Å². The lowest BCUT2D eigenvalue weighted by atomic mass is 9.73. The van der Waals surface area contributed by atoms with Gasteiger partial charge in [0.05, 0.1) is 11.1 Å². The fraction of sp³-hybridized carbons (Fsp3) is 0.381. The number of benzene rings is 2. The molecule has 2 aromatic carbocycles. The van der Waals surface area contributed by atoms with Gasteiger partial charge in [-0.15, -0.1) is 0 Å². The summed E-state index contributed by atoms with van der Waals surface area (Å²) in [6, 6.07) is 12.1. The first-order valence-electron chi connectivity index (χ1n) is 9.09. The lowest BCUT2D eigenvalue weighted by molar-refractivity contribution is -0.137. The molecule has 0 aliphatic carbocycles. The molecule has 0 saturated carbocycles. The van der Waals surface area contributed by atoms with Gasteiger partial charge in [-0.1, -0.05) is 30.3 Å². The van der Waals surface area contributed by atoms with E-state index in [0.29, 0.717) is 44.7 Å². The zero-order valence-corrected chi connectivity index (χ0v) is 15.3. The van der Waals surface area contributed by atoms with Crippen molar-refractivity contribution >= 4 is 5.97 Å². The Labute approximate surface area is 161 Å². The normalized spacial score (nSPS) is 16.7. The van der Waals surface area contributed by atoms with E-state index in [4.69, 9.17) is 9.84 Å². The SMILES string of the molecule is O=C(O)c1cccc(CNCC2(c3cccc(C(F)(F)F)c3)CCOCC2)c1. The summed E-state index contributed by atoms with van der Waals surface area (Å²) in [6.45, 7) is 1.90. The monoisotopic (exact) mass is 393 g/mol. The maximum absolute atomic E-state index is 13.1. The quantitative estimate of drug-likeness (QED) is 0.771. The van der Waals surface area contributed by atoms with Crippen LogP contribution < -0.4 is 5.32 Å². The number of rotatable bonds is 6. The van der Waals surface area contributed by atoms with E-state index >= 15 is 0 Å². The van der Waals surface area contributed by atoms with Gasteiger partial charge in [0.2, 0.25) is 0 Å². The molecule has 0 aromatic heterocycles. The van der Waals surface area contributed by atoms with Crippen LogP contribution in [0.15, 0.2) is 48.5 Å². The van der Waals surface area contributed by atoms with Gasteiger partial charge < -0.3 is 15.2 Å². The van der Waals surface area contributed by atoms with Crippen molar-refractivity contribution in [3.63, 3.8) is 0 Å². The van der Waals surface area contributed by atoms with Crippen molar-refractivity contribution in [3.05, 3.63) is 70.8 Å². The number of alkyl halides is 3. The van der Waals surface area contributed by atoms with E-state index in [1.165, 1.54) is 18.2 Å². The predicted octanol–water partition coefficient (Wildman–Crippen LogP) is 4.24. The Balaban J connectivity index is 1.77. The Kier molecular flexibility index (Phi) is 6.05. The van der Waals surface area contributed by atoms with Crippen LogP contribution in [-0.2, 0) is 22.9 Å². The van der Waals surface area contributed by atoms with Gasteiger partial charge >= 0.3 is 12.1 Å². The molecule has 1 heterocycles. The average Bonchev–Trinajstić information content (AvgIpc) is 2.68. The van der Waals surface area contributed by atoms with Gasteiger partial charge in [0.1, 0.15) is 0 Å². The van der Waals surface area contributed by atoms with Gasteiger partial charge in [-0.3, -0.25) is 0 Å². The van der Waals surface area contributed by atoms with E-state index in [-0.39, 0.29) is 5.56 Å². The molecule has 4 nitrogen and oxygen atoms in total. The summed E-state index contributed by atoms with van der Waals surface area (Å²) in [4.78, 5) is 11.1. The van der Waals surface area contributed by atoms with Crippen molar-refractivity contribution in [2.24, 2.45) is 0 Å². The van der Waals surface area contributed by atoms with Crippen LogP contribution >= 0.6 is 0 Å². The van der Waals surface area contributed by atoms with Crippen LogP contribution in [0.1, 0.15) is 39.9 Å². The smallest absolute Gasteiger partial charge is 0.416 e. The molecule has 150 valence electrons. The third-order valence-electron chi connectivity index (χ3n) is 5.22. The van der Waals surface area contributed by atoms with Crippen molar-refractivity contribution in [2.45, 2.75) is 31.0 Å². The molecule has 1 saturated heterocycles. The van der Waals surface area contributed by atoms with E-state index in [0.717, 1.165) is 11.6 Å². The first-order valence-corrected chi connectivity index (χ1v) is 9.09. The lowest BCUT2D eigenvalue weighted by Crippen LogP contribution is -2.42. The molecule has 0 radical (unpaired) electrons. The van der Waals surface area contributed by atoms with Crippen molar-refractivity contribution < 1.29 is 27.8 Å². The van der Waals surface area contributed by atoms with E-state index in [1.807, 2.05) is 6.07 Å². The van der Waals surface area contributed by atoms with E-state index in [9.17, 15) is 18.0 Å². The summed E-state index contributed by atoms with van der Waals surface area (Å²) in [5, 5.41) is 12.4. The molecule has 1 aliphatic rings. The van der Waals surface area contributed by atoms with Crippen LogP contribution in [0, 0.1) is 0 Å². The molecule has 1 aliphatic heterocycles. The van der Waals surface area contributed by atoms with Crippen molar-refractivity contribution in [3.8, 4) is 0 Å². The van der Waals surface area contributed by atoms with Gasteiger partial charge in [-0.2, -0.15) is 13.2 Å². The minimum atomic E-state index is -4.38.